The Morgan fingerprint density at radius 3 is 2.38 bits per heavy atom. The highest BCUT2D eigenvalue weighted by atomic mass is 16.7. The van der Waals surface area contributed by atoms with Gasteiger partial charge in [0.25, 0.3) is 0 Å². The maximum atomic E-state index is 11.8. The van der Waals surface area contributed by atoms with Gasteiger partial charge in [0, 0.05) is 13.1 Å². The molecule has 0 bridgehead atoms. The average molecular weight is 291 g/mol. The molecular weight excluding hydrogens is 266 g/mol. The molecule has 0 saturated carbocycles. The van der Waals surface area contributed by atoms with Crippen molar-refractivity contribution in [2.75, 3.05) is 19.7 Å². The lowest BCUT2D eigenvalue weighted by Crippen LogP contribution is -2.39. The molecule has 0 unspecified atom stereocenters. The molecule has 1 saturated heterocycles. The van der Waals surface area contributed by atoms with Crippen LogP contribution in [0.4, 0.5) is 0 Å². The monoisotopic (exact) mass is 291 g/mol. The molecule has 4 heteroatoms. The average Bonchev–Trinajstić information content (AvgIpc) is 2.46. The smallest absolute Gasteiger partial charge is 0.330 e. The molecule has 1 aromatic carbocycles. The molecule has 1 aromatic rings. The van der Waals surface area contributed by atoms with Gasteiger partial charge < -0.3 is 9.57 Å². The number of carbonyl (C=O) groups excluding carboxylic acids is 1. The van der Waals surface area contributed by atoms with Crippen LogP contribution in [0.5, 0.6) is 5.75 Å². The fourth-order valence-electron chi connectivity index (χ4n) is 2.15. The summed E-state index contributed by atoms with van der Waals surface area (Å²) in [6, 6.07) is 9.88. The summed E-state index contributed by atoms with van der Waals surface area (Å²) in [6.45, 7) is 7.90. The first-order chi connectivity index (χ1) is 9.95. The van der Waals surface area contributed by atoms with Gasteiger partial charge in [0.05, 0.1) is 12.0 Å². The van der Waals surface area contributed by atoms with Crippen LogP contribution in [0.2, 0.25) is 0 Å². The molecule has 0 aromatic heterocycles. The molecule has 1 fully saturated rings. The van der Waals surface area contributed by atoms with Crippen molar-refractivity contribution >= 4 is 5.97 Å². The van der Waals surface area contributed by atoms with Crippen molar-refractivity contribution < 1.29 is 14.4 Å². The van der Waals surface area contributed by atoms with Crippen molar-refractivity contribution in [2.24, 2.45) is 11.3 Å². The summed E-state index contributed by atoms with van der Waals surface area (Å²) in [6.07, 6.45) is 1.98. The van der Waals surface area contributed by atoms with Gasteiger partial charge in [-0.3, -0.25) is 0 Å². The van der Waals surface area contributed by atoms with Crippen LogP contribution in [-0.2, 0) is 9.63 Å². The first kappa shape index (κ1) is 15.8. The van der Waals surface area contributed by atoms with Crippen LogP contribution in [0.3, 0.4) is 0 Å². The molecule has 2 rings (SSSR count). The van der Waals surface area contributed by atoms with E-state index >= 15 is 0 Å². The molecule has 0 aliphatic carbocycles. The molecule has 4 nitrogen and oxygen atoms in total. The van der Waals surface area contributed by atoms with E-state index in [1.165, 1.54) is 0 Å². The van der Waals surface area contributed by atoms with Gasteiger partial charge in [0.1, 0.15) is 5.75 Å². The molecule has 1 aliphatic rings. The Kier molecular flexibility index (Phi) is 5.23. The molecule has 21 heavy (non-hydrogen) atoms. The molecule has 116 valence electrons. The number of rotatable bonds is 4. The predicted molar refractivity (Wildman–Crippen MR) is 81.8 cm³/mol. The Balaban J connectivity index is 1.70. The number of hydrogen-bond acceptors (Lipinski definition) is 4. The van der Waals surface area contributed by atoms with Gasteiger partial charge in [-0.25, -0.2) is 4.79 Å². The normalized spacial score (nSPS) is 17.5. The Hall–Kier alpha value is -1.55. The fourth-order valence-corrected chi connectivity index (χ4v) is 2.15. The van der Waals surface area contributed by atoms with Gasteiger partial charge in [-0.05, 0) is 51.7 Å². The van der Waals surface area contributed by atoms with Crippen LogP contribution < -0.4 is 4.74 Å². The molecular formula is C17H25NO3. The van der Waals surface area contributed by atoms with E-state index < -0.39 is 5.41 Å². The molecule has 0 spiro atoms. The minimum absolute atomic E-state index is 0.165. The van der Waals surface area contributed by atoms with Crippen LogP contribution in [0.1, 0.15) is 33.6 Å². The summed E-state index contributed by atoms with van der Waals surface area (Å²) in [7, 11) is 0. The zero-order valence-electron chi connectivity index (χ0n) is 13.2. The van der Waals surface area contributed by atoms with E-state index in [2.05, 4.69) is 0 Å². The summed E-state index contributed by atoms with van der Waals surface area (Å²) >= 11 is 0. The van der Waals surface area contributed by atoms with Gasteiger partial charge in [-0.1, -0.05) is 18.2 Å². The third-order valence-corrected chi connectivity index (χ3v) is 3.63. The fraction of sp³-hybridized carbons (Fsp3) is 0.588. The SMILES string of the molecule is CC(C)(C)C(=O)ON1CCC(COc2ccccc2)CC1. The number of piperidine rings is 1. The number of hydrogen-bond donors (Lipinski definition) is 0. The first-order valence-electron chi connectivity index (χ1n) is 7.60. The molecule has 0 radical (unpaired) electrons. The van der Waals surface area contributed by atoms with Crippen molar-refractivity contribution in [1.82, 2.24) is 5.06 Å². The van der Waals surface area contributed by atoms with Gasteiger partial charge in [-0.2, -0.15) is 0 Å². The van der Waals surface area contributed by atoms with Crippen molar-refractivity contribution in [2.45, 2.75) is 33.6 Å². The largest absolute Gasteiger partial charge is 0.493 e. The zero-order chi connectivity index (χ0) is 15.3. The number of nitrogens with zero attached hydrogens (tertiary/aromatic N) is 1. The van der Waals surface area contributed by atoms with E-state index in [1.54, 1.807) is 5.06 Å². The molecule has 1 aliphatic heterocycles. The van der Waals surface area contributed by atoms with E-state index in [-0.39, 0.29) is 5.97 Å². The van der Waals surface area contributed by atoms with E-state index in [1.807, 2.05) is 51.1 Å². The number of carbonyl (C=O) groups is 1. The van der Waals surface area contributed by atoms with Crippen molar-refractivity contribution in [1.29, 1.82) is 0 Å². The second kappa shape index (κ2) is 6.94. The second-order valence-electron chi connectivity index (χ2n) is 6.63. The van der Waals surface area contributed by atoms with Gasteiger partial charge >= 0.3 is 5.97 Å². The van der Waals surface area contributed by atoms with Crippen molar-refractivity contribution in [3.05, 3.63) is 30.3 Å². The third kappa shape index (κ3) is 5.05. The van der Waals surface area contributed by atoms with Crippen molar-refractivity contribution in [3.8, 4) is 5.75 Å². The lowest BCUT2D eigenvalue weighted by atomic mass is 9.97. The van der Waals surface area contributed by atoms with Gasteiger partial charge in [0.15, 0.2) is 0 Å². The van der Waals surface area contributed by atoms with Crippen LogP contribution >= 0.6 is 0 Å². The topological polar surface area (TPSA) is 38.8 Å². The maximum Gasteiger partial charge on any atom is 0.330 e. The van der Waals surface area contributed by atoms with E-state index in [0.717, 1.165) is 38.3 Å². The van der Waals surface area contributed by atoms with Crippen LogP contribution in [0.25, 0.3) is 0 Å². The summed E-state index contributed by atoms with van der Waals surface area (Å²) in [4.78, 5) is 17.3. The molecule has 0 N–H and O–H groups in total. The highest BCUT2D eigenvalue weighted by molar-refractivity contribution is 5.75. The minimum atomic E-state index is -0.451. The quantitative estimate of drug-likeness (QED) is 0.853. The standard InChI is InChI=1S/C17H25NO3/c1-17(2,3)16(19)21-18-11-9-14(10-12-18)13-20-15-7-5-4-6-8-15/h4-8,14H,9-13H2,1-3H3. The zero-order valence-corrected chi connectivity index (χ0v) is 13.2. The van der Waals surface area contributed by atoms with Crippen molar-refractivity contribution in [3.63, 3.8) is 0 Å². The van der Waals surface area contributed by atoms with Gasteiger partial charge in [-0.15, -0.1) is 5.06 Å². The first-order valence-corrected chi connectivity index (χ1v) is 7.60. The number of hydroxylamine groups is 2. The number of para-hydroxylation sites is 1. The van der Waals surface area contributed by atoms with Crippen LogP contribution in [0, 0.1) is 11.3 Å². The Morgan fingerprint density at radius 1 is 1.19 bits per heavy atom. The van der Waals surface area contributed by atoms with Gasteiger partial charge in [0.2, 0.25) is 0 Å². The highest BCUT2D eigenvalue weighted by Gasteiger charge is 2.28. The highest BCUT2D eigenvalue weighted by Crippen LogP contribution is 2.22. The van der Waals surface area contributed by atoms with E-state index in [0.29, 0.717) is 5.92 Å². The Labute approximate surface area is 127 Å². The number of ether oxygens (including phenoxy) is 1. The Bertz CT molecular complexity index is 445. The molecule has 0 amide bonds. The second-order valence-corrected chi connectivity index (χ2v) is 6.63. The maximum absolute atomic E-state index is 11.8. The van der Waals surface area contributed by atoms with Crippen LogP contribution in [0.15, 0.2) is 30.3 Å². The third-order valence-electron chi connectivity index (χ3n) is 3.63. The Morgan fingerprint density at radius 2 is 1.81 bits per heavy atom. The summed E-state index contributed by atoms with van der Waals surface area (Å²) in [5.41, 5.74) is -0.451. The summed E-state index contributed by atoms with van der Waals surface area (Å²) in [5.74, 6) is 1.27. The summed E-state index contributed by atoms with van der Waals surface area (Å²) in [5, 5.41) is 1.78. The van der Waals surface area contributed by atoms with Crippen LogP contribution in [-0.4, -0.2) is 30.7 Å². The molecule has 1 heterocycles. The number of benzene rings is 1. The molecule has 0 atom stereocenters. The van der Waals surface area contributed by atoms with E-state index in [9.17, 15) is 4.79 Å². The minimum Gasteiger partial charge on any atom is -0.493 e. The summed E-state index contributed by atoms with van der Waals surface area (Å²) < 4.78 is 5.79. The lowest BCUT2D eigenvalue weighted by molar-refractivity contribution is -0.206. The lowest BCUT2D eigenvalue weighted by Gasteiger charge is -2.32. The van der Waals surface area contributed by atoms with E-state index in [4.69, 9.17) is 9.57 Å². The predicted octanol–water partition coefficient (Wildman–Crippen LogP) is 3.28.